The average molecular weight is 279 g/mol. The minimum atomic E-state index is -0.244. The number of hydrogen-bond acceptors (Lipinski definition) is 2. The first-order chi connectivity index (χ1) is 9.10. The molecule has 0 aliphatic carbocycles. The molecule has 0 saturated heterocycles. The van der Waals surface area contributed by atoms with Gasteiger partial charge in [0.1, 0.15) is 11.4 Å². The van der Waals surface area contributed by atoms with Crippen LogP contribution >= 0.6 is 11.6 Å². The summed E-state index contributed by atoms with van der Waals surface area (Å²) in [6, 6.07) is 8.06. The van der Waals surface area contributed by atoms with E-state index in [1.165, 1.54) is 6.07 Å². The highest BCUT2D eigenvalue weighted by atomic mass is 35.5. The lowest BCUT2D eigenvalue weighted by atomic mass is 10.3. The Hall–Kier alpha value is -1.94. The van der Waals surface area contributed by atoms with Crippen molar-refractivity contribution in [2.45, 2.75) is 19.9 Å². The van der Waals surface area contributed by atoms with Crippen molar-refractivity contribution in [1.82, 2.24) is 4.57 Å². The third-order valence-electron chi connectivity index (χ3n) is 2.66. The number of nitrogens with zero attached hydrogens (tertiary/aromatic N) is 1. The van der Waals surface area contributed by atoms with Gasteiger partial charge in [0.05, 0.1) is 5.02 Å². The van der Waals surface area contributed by atoms with Crippen LogP contribution in [0.1, 0.15) is 23.8 Å². The highest BCUT2D eigenvalue weighted by Gasteiger charge is 2.13. The van der Waals surface area contributed by atoms with Gasteiger partial charge in [0.25, 0.3) is 5.91 Å². The third kappa shape index (κ3) is 3.29. The summed E-state index contributed by atoms with van der Waals surface area (Å²) in [5, 5.41) is 12.6. The largest absolute Gasteiger partial charge is 0.508 e. The second-order valence-corrected chi connectivity index (χ2v) is 4.68. The van der Waals surface area contributed by atoms with Crippen molar-refractivity contribution in [3.63, 3.8) is 0 Å². The number of hydrogen-bond donors (Lipinski definition) is 2. The molecule has 0 atom stereocenters. The molecule has 1 aromatic heterocycles. The van der Waals surface area contributed by atoms with Crippen molar-refractivity contribution >= 4 is 23.2 Å². The van der Waals surface area contributed by atoms with E-state index in [2.05, 4.69) is 5.32 Å². The molecule has 0 aliphatic heterocycles. The standard InChI is InChI=1S/C14H15ClN2O2/c1-2-6-17-9-10(15)7-13(17)14(19)16-11-4-3-5-12(18)8-11/h3-5,7-9,18H,2,6H2,1H3,(H,16,19). The van der Waals surface area contributed by atoms with Gasteiger partial charge in [-0.15, -0.1) is 0 Å². The molecular weight excluding hydrogens is 264 g/mol. The van der Waals surface area contributed by atoms with E-state index in [1.54, 1.807) is 30.5 Å². The molecular formula is C14H15ClN2O2. The summed E-state index contributed by atoms with van der Waals surface area (Å²) >= 11 is 5.93. The van der Waals surface area contributed by atoms with Gasteiger partial charge in [0, 0.05) is 24.5 Å². The van der Waals surface area contributed by atoms with Gasteiger partial charge < -0.3 is 15.0 Å². The van der Waals surface area contributed by atoms with Crippen LogP contribution in [0.4, 0.5) is 5.69 Å². The van der Waals surface area contributed by atoms with Crippen LogP contribution in [0.3, 0.4) is 0 Å². The summed E-state index contributed by atoms with van der Waals surface area (Å²) in [5.41, 5.74) is 1.06. The molecule has 0 bridgehead atoms. The molecule has 0 spiro atoms. The number of rotatable bonds is 4. The maximum absolute atomic E-state index is 12.2. The van der Waals surface area contributed by atoms with Gasteiger partial charge >= 0.3 is 0 Å². The summed E-state index contributed by atoms with van der Waals surface area (Å²) in [6.45, 7) is 2.76. The summed E-state index contributed by atoms with van der Waals surface area (Å²) in [5.74, 6) is -0.134. The molecule has 0 unspecified atom stereocenters. The first-order valence-electron chi connectivity index (χ1n) is 6.06. The first-order valence-corrected chi connectivity index (χ1v) is 6.44. The number of phenols is 1. The molecule has 0 fully saturated rings. The Kier molecular flexibility index (Phi) is 4.12. The van der Waals surface area contributed by atoms with E-state index in [1.807, 2.05) is 11.5 Å². The van der Waals surface area contributed by atoms with E-state index in [-0.39, 0.29) is 11.7 Å². The van der Waals surface area contributed by atoms with Crippen molar-refractivity contribution in [1.29, 1.82) is 0 Å². The Balaban J connectivity index is 2.20. The highest BCUT2D eigenvalue weighted by molar-refractivity contribution is 6.31. The van der Waals surface area contributed by atoms with Crippen LogP contribution in [-0.4, -0.2) is 15.6 Å². The Labute approximate surface area is 116 Å². The number of aromatic nitrogens is 1. The Morgan fingerprint density at radius 1 is 1.42 bits per heavy atom. The molecule has 0 radical (unpaired) electrons. The van der Waals surface area contributed by atoms with Gasteiger partial charge in [-0.2, -0.15) is 0 Å². The molecule has 2 rings (SSSR count). The second-order valence-electron chi connectivity index (χ2n) is 4.24. The van der Waals surface area contributed by atoms with Crippen LogP contribution in [0.25, 0.3) is 0 Å². The van der Waals surface area contributed by atoms with Gasteiger partial charge in [0.15, 0.2) is 0 Å². The summed E-state index contributed by atoms with van der Waals surface area (Å²) in [4.78, 5) is 12.2. The van der Waals surface area contributed by atoms with E-state index in [4.69, 9.17) is 11.6 Å². The van der Waals surface area contributed by atoms with E-state index in [9.17, 15) is 9.90 Å². The molecule has 0 aliphatic rings. The number of anilines is 1. The SMILES string of the molecule is CCCn1cc(Cl)cc1C(=O)Nc1cccc(O)c1. The predicted molar refractivity (Wildman–Crippen MR) is 75.8 cm³/mol. The van der Waals surface area contributed by atoms with Crippen LogP contribution in [0.5, 0.6) is 5.75 Å². The molecule has 0 saturated carbocycles. The molecule has 19 heavy (non-hydrogen) atoms. The molecule has 1 amide bonds. The fourth-order valence-corrected chi connectivity index (χ4v) is 2.09. The molecule has 2 aromatic rings. The number of aromatic hydroxyl groups is 1. The number of carbonyl (C=O) groups is 1. The molecule has 1 aromatic carbocycles. The summed E-state index contributed by atoms with van der Waals surface area (Å²) in [6.07, 6.45) is 2.65. The topological polar surface area (TPSA) is 54.3 Å². The van der Waals surface area contributed by atoms with Crippen LogP contribution in [0.15, 0.2) is 36.5 Å². The maximum Gasteiger partial charge on any atom is 0.272 e. The quantitative estimate of drug-likeness (QED) is 0.899. The van der Waals surface area contributed by atoms with Crippen LogP contribution < -0.4 is 5.32 Å². The maximum atomic E-state index is 12.2. The van der Waals surface area contributed by atoms with Gasteiger partial charge in [-0.3, -0.25) is 4.79 Å². The van der Waals surface area contributed by atoms with E-state index in [0.717, 1.165) is 13.0 Å². The normalized spacial score (nSPS) is 10.4. The van der Waals surface area contributed by atoms with E-state index >= 15 is 0 Å². The monoisotopic (exact) mass is 278 g/mol. The van der Waals surface area contributed by atoms with Crippen LogP contribution in [0.2, 0.25) is 5.02 Å². The smallest absolute Gasteiger partial charge is 0.272 e. The van der Waals surface area contributed by atoms with Gasteiger partial charge in [0.2, 0.25) is 0 Å². The zero-order chi connectivity index (χ0) is 13.8. The van der Waals surface area contributed by atoms with Crippen molar-refractivity contribution in [2.24, 2.45) is 0 Å². The molecule has 100 valence electrons. The van der Waals surface area contributed by atoms with Crippen molar-refractivity contribution in [2.75, 3.05) is 5.32 Å². The lowest BCUT2D eigenvalue weighted by molar-refractivity contribution is 0.101. The van der Waals surface area contributed by atoms with E-state index < -0.39 is 0 Å². The average Bonchev–Trinajstić information content (AvgIpc) is 2.71. The number of benzene rings is 1. The molecule has 1 heterocycles. The summed E-state index contributed by atoms with van der Waals surface area (Å²) in [7, 11) is 0. The van der Waals surface area contributed by atoms with Gasteiger partial charge in [-0.25, -0.2) is 0 Å². The molecule has 5 heteroatoms. The zero-order valence-electron chi connectivity index (χ0n) is 10.6. The third-order valence-corrected chi connectivity index (χ3v) is 2.87. The van der Waals surface area contributed by atoms with Crippen LogP contribution in [-0.2, 0) is 6.54 Å². The summed E-state index contributed by atoms with van der Waals surface area (Å²) < 4.78 is 1.82. The Morgan fingerprint density at radius 2 is 2.21 bits per heavy atom. The molecule has 4 nitrogen and oxygen atoms in total. The number of halogens is 1. The number of nitrogens with one attached hydrogen (secondary N) is 1. The van der Waals surface area contributed by atoms with E-state index in [0.29, 0.717) is 16.4 Å². The fourth-order valence-electron chi connectivity index (χ4n) is 1.87. The first kappa shape index (κ1) is 13.5. The Morgan fingerprint density at radius 3 is 2.89 bits per heavy atom. The number of amides is 1. The highest BCUT2D eigenvalue weighted by Crippen LogP contribution is 2.19. The molecule has 2 N–H and O–H groups in total. The van der Waals surface area contributed by atoms with Crippen molar-refractivity contribution in [3.05, 3.63) is 47.2 Å². The van der Waals surface area contributed by atoms with Gasteiger partial charge in [-0.1, -0.05) is 24.6 Å². The number of carbonyl (C=O) groups excluding carboxylic acids is 1. The number of aryl methyl sites for hydroxylation is 1. The minimum Gasteiger partial charge on any atom is -0.508 e. The predicted octanol–water partition coefficient (Wildman–Crippen LogP) is 3.51. The fraction of sp³-hybridized carbons (Fsp3) is 0.214. The lowest BCUT2D eigenvalue weighted by Crippen LogP contribution is -2.16. The zero-order valence-corrected chi connectivity index (χ0v) is 11.3. The lowest BCUT2D eigenvalue weighted by Gasteiger charge is -2.08. The minimum absolute atomic E-state index is 0.111. The van der Waals surface area contributed by atoms with Crippen molar-refractivity contribution < 1.29 is 9.90 Å². The van der Waals surface area contributed by atoms with Crippen molar-refractivity contribution in [3.8, 4) is 5.75 Å². The second kappa shape index (κ2) is 5.80. The number of phenolic OH excluding ortho intramolecular Hbond substituents is 1. The van der Waals surface area contributed by atoms with Crippen LogP contribution in [0, 0.1) is 0 Å². The van der Waals surface area contributed by atoms with Gasteiger partial charge in [-0.05, 0) is 24.6 Å². The Bertz CT molecular complexity index is 593.